The topological polar surface area (TPSA) is 139 Å². The molecule has 4 N–H and O–H groups in total. The number of piperidine rings is 1. The molecule has 1 aromatic rings. The molecule has 1 saturated heterocycles. The lowest BCUT2D eigenvalue weighted by Crippen LogP contribution is -2.51. The van der Waals surface area contributed by atoms with Gasteiger partial charge in [-0.2, -0.15) is 0 Å². The van der Waals surface area contributed by atoms with Gasteiger partial charge in [0.2, 0.25) is 5.91 Å². The van der Waals surface area contributed by atoms with Gasteiger partial charge in [-0.3, -0.25) is 4.79 Å². The Labute approximate surface area is 276 Å². The van der Waals surface area contributed by atoms with Gasteiger partial charge in [-0.05, 0) is 69.6 Å². The first-order chi connectivity index (χ1) is 21.7. The Bertz CT molecular complexity index is 1050. The van der Waals surface area contributed by atoms with Gasteiger partial charge in [-0.15, -0.1) is 0 Å². The van der Waals surface area contributed by atoms with Crippen molar-refractivity contribution in [3.05, 3.63) is 23.8 Å². The summed E-state index contributed by atoms with van der Waals surface area (Å²) < 4.78 is 22.3. The van der Waals surface area contributed by atoms with Crippen LogP contribution in [0.5, 0.6) is 11.5 Å². The zero-order chi connectivity index (χ0) is 34.4. The summed E-state index contributed by atoms with van der Waals surface area (Å²) in [4.78, 5) is 29.0. The third-order valence-corrected chi connectivity index (χ3v) is 8.81. The molecule has 0 saturated carbocycles. The quantitative estimate of drug-likeness (QED) is 0.171. The highest BCUT2D eigenvalue weighted by molar-refractivity contribution is 5.79. The normalized spacial score (nSPS) is 17.9. The minimum Gasteiger partial charge on any atom is -0.493 e. The monoisotopic (exact) mass is 651 g/mol. The average molecular weight is 652 g/mol. The number of carbonyl (C=O) groups is 2. The molecule has 264 valence electrons. The van der Waals surface area contributed by atoms with E-state index in [-0.39, 0.29) is 17.9 Å². The summed E-state index contributed by atoms with van der Waals surface area (Å²) in [5.41, 5.74) is -0.0243. The summed E-state index contributed by atoms with van der Waals surface area (Å²) in [5, 5.41) is 28.0. The number of rotatable bonds is 18. The number of hydrogen-bond acceptors (Lipinski definition) is 9. The van der Waals surface area contributed by atoms with Crippen LogP contribution < -0.4 is 20.1 Å². The zero-order valence-corrected chi connectivity index (χ0v) is 29.6. The number of ether oxygens (including phenoxy) is 4. The number of hydrogen-bond donors (Lipinski definition) is 4. The Hall–Kier alpha value is -2.60. The Kier molecular flexibility index (Phi) is 16.6. The molecule has 0 bridgehead atoms. The highest BCUT2D eigenvalue weighted by Crippen LogP contribution is 2.37. The second kappa shape index (κ2) is 19.3. The van der Waals surface area contributed by atoms with Crippen molar-refractivity contribution in [3.8, 4) is 11.5 Å². The molecular formula is C35H61N3O8. The molecule has 2 rings (SSSR count). The second-order valence-electron chi connectivity index (χ2n) is 14.0. The molecule has 5 unspecified atom stereocenters. The van der Waals surface area contributed by atoms with Gasteiger partial charge in [0, 0.05) is 58.2 Å². The summed E-state index contributed by atoms with van der Waals surface area (Å²) in [7, 11) is 3.20. The number of likely N-dealkylation sites (tertiary alicyclic amines) is 1. The minimum absolute atomic E-state index is 0.165. The van der Waals surface area contributed by atoms with E-state index in [9.17, 15) is 19.8 Å². The van der Waals surface area contributed by atoms with Gasteiger partial charge in [0.15, 0.2) is 11.5 Å². The van der Waals surface area contributed by atoms with Crippen molar-refractivity contribution >= 4 is 12.0 Å². The molecule has 2 amide bonds. The number of benzene rings is 1. The van der Waals surface area contributed by atoms with Crippen LogP contribution in [0.25, 0.3) is 0 Å². The van der Waals surface area contributed by atoms with E-state index >= 15 is 0 Å². The molecule has 1 aliphatic heterocycles. The fourth-order valence-electron chi connectivity index (χ4n) is 5.65. The Morgan fingerprint density at radius 2 is 1.72 bits per heavy atom. The molecule has 0 aromatic heterocycles. The Morgan fingerprint density at radius 1 is 1.04 bits per heavy atom. The number of carbonyl (C=O) groups excluding carboxylic acids is 2. The van der Waals surface area contributed by atoms with Gasteiger partial charge < -0.3 is 44.7 Å². The van der Waals surface area contributed by atoms with Gasteiger partial charge in [0.25, 0.3) is 0 Å². The first-order valence-electron chi connectivity index (χ1n) is 16.8. The first-order valence-corrected chi connectivity index (χ1v) is 16.8. The van der Waals surface area contributed by atoms with Crippen LogP contribution in [0.3, 0.4) is 0 Å². The van der Waals surface area contributed by atoms with Crippen LogP contribution in [0.4, 0.5) is 4.79 Å². The van der Waals surface area contributed by atoms with Crippen LogP contribution in [-0.4, -0.2) is 105 Å². The molecule has 1 aliphatic rings. The summed E-state index contributed by atoms with van der Waals surface area (Å²) in [6.07, 6.45) is 0.617. The third kappa shape index (κ3) is 13.3. The van der Waals surface area contributed by atoms with Crippen molar-refractivity contribution in [1.29, 1.82) is 0 Å². The molecular weight excluding hydrogens is 590 g/mol. The molecule has 11 nitrogen and oxygen atoms in total. The largest absolute Gasteiger partial charge is 0.493 e. The van der Waals surface area contributed by atoms with Gasteiger partial charge in [0.05, 0.1) is 32.0 Å². The highest BCUT2D eigenvalue weighted by atomic mass is 16.6. The maximum atomic E-state index is 13.7. The summed E-state index contributed by atoms with van der Waals surface area (Å²) in [5.74, 6) is -0.0547. The van der Waals surface area contributed by atoms with E-state index in [1.807, 2.05) is 12.1 Å². The van der Waals surface area contributed by atoms with Crippen molar-refractivity contribution in [2.24, 2.45) is 17.8 Å². The van der Waals surface area contributed by atoms with E-state index in [0.717, 1.165) is 25.9 Å². The number of aliphatic hydroxyl groups is 2. The van der Waals surface area contributed by atoms with Gasteiger partial charge in [0.1, 0.15) is 5.60 Å². The van der Waals surface area contributed by atoms with Crippen LogP contribution in [0.2, 0.25) is 0 Å². The number of alkyl carbamates (subject to hydrolysis) is 1. The number of methoxy groups -OCH3 is 2. The van der Waals surface area contributed by atoms with Crippen LogP contribution in [-0.2, 0) is 14.3 Å². The van der Waals surface area contributed by atoms with Gasteiger partial charge in [-0.1, -0.05) is 33.8 Å². The molecule has 5 atom stereocenters. The van der Waals surface area contributed by atoms with Crippen molar-refractivity contribution < 1.29 is 38.7 Å². The summed E-state index contributed by atoms with van der Waals surface area (Å²) in [6.45, 7) is 17.1. The number of aliphatic hydroxyl groups excluding tert-OH is 2. The smallest absolute Gasteiger partial charge is 0.407 e. The molecule has 0 aliphatic carbocycles. The van der Waals surface area contributed by atoms with Crippen LogP contribution in [0.15, 0.2) is 18.2 Å². The van der Waals surface area contributed by atoms with Crippen molar-refractivity contribution in [1.82, 2.24) is 15.5 Å². The maximum Gasteiger partial charge on any atom is 0.407 e. The van der Waals surface area contributed by atoms with Gasteiger partial charge in [-0.25, -0.2) is 4.79 Å². The fourth-order valence-corrected chi connectivity index (χ4v) is 5.65. The molecule has 1 fully saturated rings. The number of amides is 2. The summed E-state index contributed by atoms with van der Waals surface area (Å²) in [6, 6.07) is 4.75. The van der Waals surface area contributed by atoms with E-state index in [2.05, 4.69) is 36.3 Å². The zero-order valence-electron chi connectivity index (χ0n) is 29.6. The Balaban J connectivity index is 2.42. The first kappa shape index (κ1) is 39.6. The average Bonchev–Trinajstić information content (AvgIpc) is 2.99. The van der Waals surface area contributed by atoms with Crippen molar-refractivity contribution in [2.75, 3.05) is 53.6 Å². The SMILES string of the molecule is COCCCOc1cc(C(C(C)C(=O)NCCN2CCC(O)CC2)C(O)C(CC(C)C(C)C)NC(=O)OC(C)(C)C)ccc1OC. The predicted octanol–water partition coefficient (Wildman–Crippen LogP) is 4.34. The van der Waals surface area contributed by atoms with Crippen LogP contribution >= 0.6 is 0 Å². The minimum atomic E-state index is -1.13. The van der Waals surface area contributed by atoms with Crippen LogP contribution in [0.1, 0.15) is 85.6 Å². The lowest BCUT2D eigenvalue weighted by Gasteiger charge is -2.36. The molecule has 0 spiro atoms. The molecule has 1 heterocycles. The highest BCUT2D eigenvalue weighted by Gasteiger charge is 2.38. The molecule has 46 heavy (non-hydrogen) atoms. The maximum absolute atomic E-state index is 13.7. The molecule has 11 heteroatoms. The lowest BCUT2D eigenvalue weighted by atomic mass is 9.77. The second-order valence-corrected chi connectivity index (χ2v) is 14.0. The predicted molar refractivity (Wildman–Crippen MR) is 179 cm³/mol. The number of nitrogens with one attached hydrogen (secondary N) is 2. The molecule has 0 radical (unpaired) electrons. The number of nitrogens with zero attached hydrogens (tertiary/aromatic N) is 1. The van der Waals surface area contributed by atoms with Gasteiger partial charge >= 0.3 is 6.09 Å². The van der Waals surface area contributed by atoms with Crippen molar-refractivity contribution in [2.45, 2.75) is 104 Å². The standard InChI is InChI=1S/C35H61N3O8/c1-23(2)24(3)21-28(37-34(42)46-35(5,6)7)32(40)31(25(4)33(41)36-15-18-38-16-13-27(39)14-17-38)26-11-12-29(44-9)30(22-26)45-20-10-19-43-8/h11-12,22-25,27-28,31-32,39-40H,10,13-21H2,1-9H3,(H,36,41)(H,37,42). The van der Waals surface area contributed by atoms with Crippen LogP contribution in [0, 0.1) is 17.8 Å². The van der Waals surface area contributed by atoms with E-state index in [0.29, 0.717) is 62.1 Å². The lowest BCUT2D eigenvalue weighted by molar-refractivity contribution is -0.126. The van der Waals surface area contributed by atoms with Crippen molar-refractivity contribution in [3.63, 3.8) is 0 Å². The van der Waals surface area contributed by atoms with E-state index in [4.69, 9.17) is 18.9 Å². The van der Waals surface area contributed by atoms with E-state index in [1.165, 1.54) is 0 Å². The van der Waals surface area contributed by atoms with E-state index < -0.39 is 35.7 Å². The van der Waals surface area contributed by atoms with E-state index in [1.54, 1.807) is 48.0 Å². The fraction of sp³-hybridized carbons (Fsp3) is 0.771. The third-order valence-electron chi connectivity index (χ3n) is 8.81. The Morgan fingerprint density at radius 3 is 2.30 bits per heavy atom. The summed E-state index contributed by atoms with van der Waals surface area (Å²) >= 11 is 0. The molecule has 1 aromatic carbocycles.